The van der Waals surface area contributed by atoms with E-state index in [1.54, 1.807) is 49.3 Å². The summed E-state index contributed by atoms with van der Waals surface area (Å²) < 4.78 is 7.11. The van der Waals surface area contributed by atoms with Crippen molar-refractivity contribution in [2.75, 3.05) is 20.8 Å². The van der Waals surface area contributed by atoms with Gasteiger partial charge in [-0.25, -0.2) is 9.78 Å². The van der Waals surface area contributed by atoms with E-state index in [9.17, 15) is 14.7 Å². The van der Waals surface area contributed by atoms with Gasteiger partial charge >= 0.3 is 5.97 Å². The zero-order valence-corrected chi connectivity index (χ0v) is 21.2. The number of carboxylic acid groups (broad SMARTS) is 1. The zero-order valence-electron chi connectivity index (χ0n) is 20.3. The molecule has 2 atom stereocenters. The molecular formula is C24H29N5O5S. The lowest BCUT2D eigenvalue weighted by Gasteiger charge is -2.36. The predicted octanol–water partition coefficient (Wildman–Crippen LogP) is 3.19. The minimum Gasteiger partial charge on any atom is -0.496 e. The third-order valence-corrected chi connectivity index (χ3v) is 6.97. The van der Waals surface area contributed by atoms with Gasteiger partial charge in [-0.05, 0) is 29.2 Å². The molecule has 2 unspecified atom stereocenters. The number of rotatable bonds is 7. The summed E-state index contributed by atoms with van der Waals surface area (Å²) in [7, 11) is 3.01. The van der Waals surface area contributed by atoms with Crippen LogP contribution in [0.1, 0.15) is 47.9 Å². The average molecular weight is 500 g/mol. The van der Waals surface area contributed by atoms with Gasteiger partial charge in [0.05, 0.1) is 27.3 Å². The van der Waals surface area contributed by atoms with Gasteiger partial charge in [0, 0.05) is 29.5 Å². The molecule has 2 aromatic heterocycles. The molecular weight excluding hydrogens is 470 g/mol. The van der Waals surface area contributed by atoms with Crippen molar-refractivity contribution in [2.24, 2.45) is 0 Å². The van der Waals surface area contributed by atoms with Gasteiger partial charge in [-0.15, -0.1) is 11.3 Å². The Kier molecular flexibility index (Phi) is 6.67. The number of nitrogens with zero attached hydrogens (tertiary/aromatic N) is 5. The first-order valence-corrected chi connectivity index (χ1v) is 11.9. The fourth-order valence-corrected chi connectivity index (χ4v) is 5.19. The molecule has 0 radical (unpaired) electrons. The van der Waals surface area contributed by atoms with E-state index >= 15 is 0 Å². The number of hydroxylamine groups is 2. The number of carbonyl (C=O) groups excluding carboxylic acids is 1. The van der Waals surface area contributed by atoms with Crippen LogP contribution < -0.4 is 4.74 Å². The fourth-order valence-electron chi connectivity index (χ4n) is 4.46. The standard InChI is InChI=1S/C24H29N5O5S/c1-23(2,3)17-8-7-16(13-18(17)33-4)21(30)29-20(19-25-10-12-35-19)28(34-5)15-24(29,22(31)32)14-27-11-6-9-26-27/h6-13,20H,14-15H2,1-5H3,(H,31,32). The number of benzene rings is 1. The number of methoxy groups -OCH3 is 1. The van der Waals surface area contributed by atoms with Crippen molar-refractivity contribution in [1.82, 2.24) is 24.7 Å². The smallest absolute Gasteiger partial charge is 0.333 e. The highest BCUT2D eigenvalue weighted by atomic mass is 32.1. The van der Waals surface area contributed by atoms with Gasteiger partial charge in [0.2, 0.25) is 0 Å². The highest BCUT2D eigenvalue weighted by Crippen LogP contribution is 2.43. The Labute approximate surface area is 207 Å². The van der Waals surface area contributed by atoms with Crippen molar-refractivity contribution >= 4 is 23.2 Å². The topological polar surface area (TPSA) is 110 Å². The molecule has 3 aromatic rings. The number of hydrogen-bond donors (Lipinski definition) is 1. The fraction of sp³-hybridized carbons (Fsp3) is 0.417. The zero-order chi connectivity index (χ0) is 25.4. The lowest BCUT2D eigenvalue weighted by atomic mass is 9.85. The van der Waals surface area contributed by atoms with E-state index in [1.165, 1.54) is 33.1 Å². The molecule has 0 saturated carbocycles. The Morgan fingerprint density at radius 2 is 2.03 bits per heavy atom. The number of aliphatic carboxylic acids is 1. The van der Waals surface area contributed by atoms with E-state index < -0.39 is 23.6 Å². The molecule has 0 bridgehead atoms. The highest BCUT2D eigenvalue weighted by Gasteiger charge is 2.60. The normalized spacial score (nSPS) is 20.8. The van der Waals surface area contributed by atoms with Gasteiger partial charge in [0.25, 0.3) is 5.91 Å². The van der Waals surface area contributed by atoms with Crippen LogP contribution in [0.5, 0.6) is 5.75 Å². The van der Waals surface area contributed by atoms with Gasteiger partial charge in [-0.2, -0.15) is 10.2 Å². The van der Waals surface area contributed by atoms with E-state index in [0.717, 1.165) is 5.56 Å². The molecule has 11 heteroatoms. The first-order valence-electron chi connectivity index (χ1n) is 11.1. The first-order chi connectivity index (χ1) is 16.6. The number of thiazole rings is 1. The minimum absolute atomic E-state index is 0.0694. The Morgan fingerprint density at radius 1 is 1.26 bits per heavy atom. The summed E-state index contributed by atoms with van der Waals surface area (Å²) in [6, 6.07) is 6.93. The molecule has 1 N–H and O–H groups in total. The van der Waals surface area contributed by atoms with Crippen LogP contribution in [0.25, 0.3) is 0 Å². The Hall–Kier alpha value is -3.28. The van der Waals surface area contributed by atoms with Gasteiger partial charge < -0.3 is 9.84 Å². The molecule has 1 fully saturated rings. The molecule has 10 nitrogen and oxygen atoms in total. The van der Waals surface area contributed by atoms with Crippen molar-refractivity contribution in [2.45, 2.75) is 44.4 Å². The highest BCUT2D eigenvalue weighted by molar-refractivity contribution is 7.09. The quantitative estimate of drug-likeness (QED) is 0.528. The van der Waals surface area contributed by atoms with E-state index in [4.69, 9.17) is 9.57 Å². The minimum atomic E-state index is -1.68. The maximum atomic E-state index is 14.2. The van der Waals surface area contributed by atoms with Gasteiger partial charge in [0.1, 0.15) is 10.8 Å². The van der Waals surface area contributed by atoms with E-state index in [2.05, 4.69) is 30.9 Å². The van der Waals surface area contributed by atoms with Gasteiger partial charge in [0.15, 0.2) is 11.7 Å². The molecule has 1 aliphatic rings. The van der Waals surface area contributed by atoms with E-state index in [1.807, 2.05) is 6.07 Å². The summed E-state index contributed by atoms with van der Waals surface area (Å²) in [5.74, 6) is -1.08. The number of carbonyl (C=O) groups is 2. The largest absolute Gasteiger partial charge is 0.496 e. The summed E-state index contributed by atoms with van der Waals surface area (Å²) in [5.41, 5.74) is -0.637. The summed E-state index contributed by atoms with van der Waals surface area (Å²) in [4.78, 5) is 38.4. The molecule has 1 amide bonds. The second-order valence-electron chi connectivity index (χ2n) is 9.38. The second-order valence-corrected chi connectivity index (χ2v) is 10.3. The number of hydrogen-bond acceptors (Lipinski definition) is 8. The van der Waals surface area contributed by atoms with Gasteiger partial charge in [-0.1, -0.05) is 26.8 Å². The third-order valence-electron chi connectivity index (χ3n) is 6.16. The van der Waals surface area contributed by atoms with Crippen LogP contribution >= 0.6 is 11.3 Å². The first kappa shape index (κ1) is 24.8. The summed E-state index contributed by atoms with van der Waals surface area (Å²) in [5, 5.41) is 18.6. The number of carboxylic acids is 1. The van der Waals surface area contributed by atoms with Crippen molar-refractivity contribution in [3.8, 4) is 5.75 Å². The Morgan fingerprint density at radius 3 is 2.57 bits per heavy atom. The molecule has 3 heterocycles. The van der Waals surface area contributed by atoms with Crippen LogP contribution in [-0.2, 0) is 21.6 Å². The third kappa shape index (κ3) is 4.42. The Bertz CT molecular complexity index is 1190. The molecule has 4 rings (SSSR count). The van der Waals surface area contributed by atoms with Crippen molar-refractivity contribution in [3.63, 3.8) is 0 Å². The summed E-state index contributed by atoms with van der Waals surface area (Å²) >= 11 is 1.32. The SMILES string of the molecule is COc1cc(C(=O)N2C(c3nccs3)N(OC)CC2(Cn2cccn2)C(=O)O)ccc1C(C)(C)C. The predicted molar refractivity (Wildman–Crippen MR) is 129 cm³/mol. The molecule has 0 spiro atoms. The van der Waals surface area contributed by atoms with Crippen molar-refractivity contribution in [1.29, 1.82) is 0 Å². The van der Waals surface area contributed by atoms with Crippen LogP contribution in [0, 0.1) is 0 Å². The van der Waals surface area contributed by atoms with Crippen molar-refractivity contribution < 1.29 is 24.3 Å². The van der Waals surface area contributed by atoms with E-state index in [-0.39, 0.29) is 18.5 Å². The van der Waals surface area contributed by atoms with Crippen LogP contribution in [0.15, 0.2) is 48.2 Å². The number of ether oxygens (including phenoxy) is 1. The molecule has 1 aromatic carbocycles. The average Bonchev–Trinajstić information content (AvgIpc) is 3.58. The number of aromatic nitrogens is 3. The van der Waals surface area contributed by atoms with E-state index in [0.29, 0.717) is 16.3 Å². The van der Waals surface area contributed by atoms with Crippen LogP contribution in [0.4, 0.5) is 0 Å². The molecule has 186 valence electrons. The lowest BCUT2D eigenvalue weighted by Crippen LogP contribution is -2.58. The lowest BCUT2D eigenvalue weighted by molar-refractivity contribution is -0.158. The maximum absolute atomic E-state index is 14.2. The molecule has 0 aliphatic carbocycles. The van der Waals surface area contributed by atoms with Crippen molar-refractivity contribution in [3.05, 3.63) is 64.4 Å². The van der Waals surface area contributed by atoms with Crippen LogP contribution in [0.3, 0.4) is 0 Å². The monoisotopic (exact) mass is 499 g/mol. The maximum Gasteiger partial charge on any atom is 0.333 e. The molecule has 1 aliphatic heterocycles. The van der Waals surface area contributed by atoms with Gasteiger partial charge in [-0.3, -0.25) is 19.2 Å². The summed E-state index contributed by atoms with van der Waals surface area (Å²) in [6.45, 7) is 6.02. The molecule has 1 saturated heterocycles. The van der Waals surface area contributed by atoms with Crippen LogP contribution in [-0.4, -0.2) is 68.0 Å². The molecule has 35 heavy (non-hydrogen) atoms. The Balaban J connectivity index is 1.88. The summed E-state index contributed by atoms with van der Waals surface area (Å²) in [6.07, 6.45) is 4.01. The van der Waals surface area contributed by atoms with Crippen LogP contribution in [0.2, 0.25) is 0 Å². The second kappa shape index (κ2) is 9.40. The number of amides is 1.